The number of benzene rings is 1. The summed E-state index contributed by atoms with van der Waals surface area (Å²) in [7, 11) is 0. The van der Waals surface area contributed by atoms with Crippen molar-refractivity contribution in [3.05, 3.63) is 34.6 Å². The van der Waals surface area contributed by atoms with Crippen LogP contribution in [0.3, 0.4) is 0 Å². The van der Waals surface area contributed by atoms with Gasteiger partial charge in [0.15, 0.2) is 0 Å². The molecule has 124 valence electrons. The number of halogens is 2. The molecule has 0 spiro atoms. The number of piperidine rings is 1. The fourth-order valence-corrected chi connectivity index (χ4v) is 3.05. The van der Waals surface area contributed by atoms with Crippen molar-refractivity contribution >= 4 is 11.6 Å². The number of ether oxygens (including phenoxy) is 2. The van der Waals surface area contributed by atoms with E-state index >= 15 is 0 Å². The summed E-state index contributed by atoms with van der Waals surface area (Å²) in [4.78, 5) is 0. The Balaban J connectivity index is 2.05. The molecule has 1 heterocycles. The molecule has 1 N–H and O–H groups in total. The first-order valence-electron chi connectivity index (χ1n) is 8.08. The fourth-order valence-electron chi connectivity index (χ4n) is 2.87. The van der Waals surface area contributed by atoms with Gasteiger partial charge in [0.1, 0.15) is 5.82 Å². The highest BCUT2D eigenvalue weighted by molar-refractivity contribution is 6.30. The third-order valence-corrected chi connectivity index (χ3v) is 4.28. The van der Waals surface area contributed by atoms with Gasteiger partial charge in [0.2, 0.25) is 0 Å². The van der Waals surface area contributed by atoms with Crippen LogP contribution in [-0.4, -0.2) is 32.9 Å². The molecular weight excluding hydrogens is 305 g/mol. The van der Waals surface area contributed by atoms with Crippen molar-refractivity contribution in [2.24, 2.45) is 5.92 Å². The molecule has 1 aliphatic heterocycles. The molecule has 1 aromatic rings. The van der Waals surface area contributed by atoms with Gasteiger partial charge in [-0.25, -0.2) is 4.39 Å². The van der Waals surface area contributed by atoms with Crippen LogP contribution in [0.1, 0.15) is 37.9 Å². The predicted octanol–water partition coefficient (Wildman–Crippen LogP) is 3.96. The zero-order chi connectivity index (χ0) is 15.8. The molecule has 2 rings (SSSR count). The lowest BCUT2D eigenvalue weighted by molar-refractivity contribution is -0.00906. The number of hydrogen-bond donors (Lipinski definition) is 1. The molecule has 2 atom stereocenters. The SMILES string of the molecule is CCOCCCO[C@@H](c1cccc(Cl)c1F)[C@@H]1CCCNC1. The molecular formula is C17H25ClFNO2. The van der Waals surface area contributed by atoms with E-state index in [2.05, 4.69) is 5.32 Å². The molecule has 0 aliphatic carbocycles. The molecule has 0 unspecified atom stereocenters. The van der Waals surface area contributed by atoms with Crippen molar-refractivity contribution in [1.82, 2.24) is 5.32 Å². The zero-order valence-corrected chi connectivity index (χ0v) is 13.9. The number of rotatable bonds is 8. The van der Waals surface area contributed by atoms with Gasteiger partial charge in [-0.1, -0.05) is 23.7 Å². The van der Waals surface area contributed by atoms with Crippen LogP contribution in [0.5, 0.6) is 0 Å². The van der Waals surface area contributed by atoms with Crippen molar-refractivity contribution in [1.29, 1.82) is 0 Å². The Morgan fingerprint density at radius 1 is 1.41 bits per heavy atom. The summed E-state index contributed by atoms with van der Waals surface area (Å²) in [5.41, 5.74) is 0.567. The summed E-state index contributed by atoms with van der Waals surface area (Å²) < 4.78 is 25.7. The van der Waals surface area contributed by atoms with Crippen LogP contribution in [-0.2, 0) is 9.47 Å². The third kappa shape index (κ3) is 4.92. The molecule has 0 bridgehead atoms. The second kappa shape index (κ2) is 9.46. The van der Waals surface area contributed by atoms with E-state index in [-0.39, 0.29) is 22.9 Å². The van der Waals surface area contributed by atoms with Crippen LogP contribution in [0.2, 0.25) is 5.02 Å². The van der Waals surface area contributed by atoms with E-state index in [1.165, 1.54) is 0 Å². The topological polar surface area (TPSA) is 30.5 Å². The Hall–Kier alpha value is -0.680. The molecule has 0 radical (unpaired) electrons. The zero-order valence-electron chi connectivity index (χ0n) is 13.1. The normalized spacial score (nSPS) is 20.0. The Labute approximate surface area is 137 Å². The van der Waals surface area contributed by atoms with Gasteiger partial charge in [0.25, 0.3) is 0 Å². The Morgan fingerprint density at radius 3 is 3.00 bits per heavy atom. The maximum Gasteiger partial charge on any atom is 0.147 e. The Morgan fingerprint density at radius 2 is 2.27 bits per heavy atom. The van der Waals surface area contributed by atoms with Crippen LogP contribution >= 0.6 is 11.6 Å². The summed E-state index contributed by atoms with van der Waals surface area (Å²) in [6.07, 6.45) is 2.68. The van der Waals surface area contributed by atoms with E-state index in [0.29, 0.717) is 25.4 Å². The second-order valence-corrected chi connectivity index (χ2v) is 6.00. The van der Waals surface area contributed by atoms with Gasteiger partial charge >= 0.3 is 0 Å². The quantitative estimate of drug-likeness (QED) is 0.732. The lowest BCUT2D eigenvalue weighted by Gasteiger charge is -2.31. The van der Waals surface area contributed by atoms with E-state index < -0.39 is 0 Å². The van der Waals surface area contributed by atoms with Crippen LogP contribution in [0.15, 0.2) is 18.2 Å². The molecule has 0 saturated carbocycles. The molecule has 1 aromatic carbocycles. The summed E-state index contributed by atoms with van der Waals surface area (Å²) in [5, 5.41) is 3.53. The average Bonchev–Trinajstić information content (AvgIpc) is 2.55. The average molecular weight is 330 g/mol. The fraction of sp³-hybridized carbons (Fsp3) is 0.647. The first kappa shape index (κ1) is 17.7. The number of nitrogens with one attached hydrogen (secondary N) is 1. The molecule has 5 heteroatoms. The van der Waals surface area contributed by atoms with E-state index in [9.17, 15) is 4.39 Å². The monoisotopic (exact) mass is 329 g/mol. The lowest BCUT2D eigenvalue weighted by Crippen LogP contribution is -2.34. The first-order chi connectivity index (χ1) is 10.7. The molecule has 3 nitrogen and oxygen atoms in total. The van der Waals surface area contributed by atoms with Crippen molar-refractivity contribution in [2.75, 3.05) is 32.9 Å². The second-order valence-electron chi connectivity index (χ2n) is 5.59. The van der Waals surface area contributed by atoms with Gasteiger partial charge in [0, 0.05) is 37.8 Å². The molecule has 1 aliphatic rings. The molecule has 0 amide bonds. The van der Waals surface area contributed by atoms with Crippen LogP contribution in [0.25, 0.3) is 0 Å². The van der Waals surface area contributed by atoms with E-state index in [0.717, 1.165) is 32.4 Å². The van der Waals surface area contributed by atoms with Gasteiger partial charge in [-0.3, -0.25) is 0 Å². The van der Waals surface area contributed by atoms with Gasteiger partial charge in [-0.2, -0.15) is 0 Å². The highest BCUT2D eigenvalue weighted by Crippen LogP contribution is 2.34. The van der Waals surface area contributed by atoms with Crippen molar-refractivity contribution in [2.45, 2.75) is 32.3 Å². The van der Waals surface area contributed by atoms with Gasteiger partial charge in [0.05, 0.1) is 11.1 Å². The Kier molecular flexibility index (Phi) is 7.60. The van der Waals surface area contributed by atoms with Crippen molar-refractivity contribution in [3.8, 4) is 0 Å². The van der Waals surface area contributed by atoms with E-state index in [1.54, 1.807) is 18.2 Å². The highest BCUT2D eigenvalue weighted by atomic mass is 35.5. The number of hydrogen-bond acceptors (Lipinski definition) is 3. The molecule has 22 heavy (non-hydrogen) atoms. The maximum atomic E-state index is 14.4. The van der Waals surface area contributed by atoms with Gasteiger partial charge < -0.3 is 14.8 Å². The minimum atomic E-state index is -0.357. The third-order valence-electron chi connectivity index (χ3n) is 3.99. The summed E-state index contributed by atoms with van der Waals surface area (Å²) in [5.74, 6) is -0.0849. The molecule has 0 aromatic heterocycles. The standard InChI is InChI=1S/C17H25ClFNO2/c1-2-21-10-5-11-22-17(13-6-4-9-20-12-13)14-7-3-8-15(18)16(14)19/h3,7-8,13,17,20H,2,4-6,9-12H2,1H3/t13-,17-/m1/s1. The van der Waals surface area contributed by atoms with Crippen molar-refractivity contribution < 1.29 is 13.9 Å². The lowest BCUT2D eigenvalue weighted by atomic mass is 9.89. The van der Waals surface area contributed by atoms with Gasteiger partial charge in [-0.15, -0.1) is 0 Å². The summed E-state index contributed by atoms with van der Waals surface area (Å²) in [6.45, 7) is 5.78. The smallest absolute Gasteiger partial charge is 0.147 e. The van der Waals surface area contributed by atoms with Crippen LogP contribution in [0.4, 0.5) is 4.39 Å². The molecule has 1 saturated heterocycles. The largest absolute Gasteiger partial charge is 0.382 e. The van der Waals surface area contributed by atoms with Crippen LogP contribution < -0.4 is 5.32 Å². The highest BCUT2D eigenvalue weighted by Gasteiger charge is 2.28. The first-order valence-corrected chi connectivity index (χ1v) is 8.45. The minimum Gasteiger partial charge on any atom is -0.382 e. The van der Waals surface area contributed by atoms with E-state index in [1.807, 2.05) is 6.92 Å². The summed E-state index contributed by atoms with van der Waals surface area (Å²) in [6, 6.07) is 5.14. The molecule has 1 fully saturated rings. The maximum absolute atomic E-state index is 14.4. The van der Waals surface area contributed by atoms with Crippen LogP contribution in [0, 0.1) is 11.7 Å². The van der Waals surface area contributed by atoms with Gasteiger partial charge in [-0.05, 0) is 38.8 Å². The predicted molar refractivity (Wildman–Crippen MR) is 86.8 cm³/mol. The van der Waals surface area contributed by atoms with Crippen molar-refractivity contribution in [3.63, 3.8) is 0 Å². The van der Waals surface area contributed by atoms with E-state index in [4.69, 9.17) is 21.1 Å². The summed E-state index contributed by atoms with van der Waals surface area (Å²) >= 11 is 5.93. The minimum absolute atomic E-state index is 0.157. The Bertz CT molecular complexity index is 452.